The lowest BCUT2D eigenvalue weighted by atomic mass is 9.53. The fourth-order valence-electron chi connectivity index (χ4n) is 4.27. The van der Waals surface area contributed by atoms with Gasteiger partial charge in [-0.1, -0.05) is 33.3 Å². The molecular weight excluding hydrogens is 288 g/mol. The average molecular weight is 322 g/mol. The van der Waals surface area contributed by atoms with Crippen molar-refractivity contribution in [3.8, 4) is 0 Å². The Kier molecular flexibility index (Phi) is 6.37. The topological polar surface area (TPSA) is 54.4 Å². The molecule has 23 heavy (non-hydrogen) atoms. The molecule has 0 saturated heterocycles. The second kappa shape index (κ2) is 7.29. The highest BCUT2D eigenvalue weighted by Gasteiger charge is 2.49. The van der Waals surface area contributed by atoms with Crippen molar-refractivity contribution in [1.29, 1.82) is 0 Å². The average Bonchev–Trinajstić information content (AvgIpc) is 2.43. The molecule has 0 aromatic carbocycles. The van der Waals surface area contributed by atoms with E-state index in [-0.39, 0.29) is 22.9 Å². The molecule has 1 N–H and O–H groups in total. The highest BCUT2D eigenvalue weighted by Crippen LogP contribution is 2.54. The monoisotopic (exact) mass is 322 g/mol. The van der Waals surface area contributed by atoms with Crippen LogP contribution in [-0.4, -0.2) is 22.3 Å². The summed E-state index contributed by atoms with van der Waals surface area (Å²) in [6.07, 6.45) is 6.62. The van der Waals surface area contributed by atoms with Crippen LogP contribution in [0.4, 0.5) is 0 Å². The molecule has 1 aliphatic carbocycles. The molecule has 1 saturated carbocycles. The molecule has 0 aromatic rings. The van der Waals surface area contributed by atoms with Gasteiger partial charge < -0.3 is 9.90 Å². The van der Waals surface area contributed by atoms with Crippen molar-refractivity contribution in [2.75, 3.05) is 0 Å². The summed E-state index contributed by atoms with van der Waals surface area (Å²) in [6, 6.07) is 0. The molecule has 0 unspecified atom stereocenters. The van der Waals surface area contributed by atoms with Crippen LogP contribution in [0.5, 0.6) is 0 Å². The lowest BCUT2D eigenvalue weighted by Gasteiger charge is -2.50. The van der Waals surface area contributed by atoms with Crippen LogP contribution >= 0.6 is 0 Å². The molecule has 3 heteroatoms. The van der Waals surface area contributed by atoms with E-state index in [2.05, 4.69) is 27.4 Å². The van der Waals surface area contributed by atoms with Crippen molar-refractivity contribution < 1.29 is 14.7 Å². The van der Waals surface area contributed by atoms with Crippen LogP contribution in [0.2, 0.25) is 0 Å². The number of hydrogen-bond acceptors (Lipinski definition) is 3. The van der Waals surface area contributed by atoms with E-state index in [4.69, 9.17) is 0 Å². The number of Topliss-reactive ketones (excluding diaryl/α,β-unsaturated/α-hetero) is 2. The van der Waals surface area contributed by atoms with Gasteiger partial charge in [-0.25, -0.2) is 0 Å². The Bertz CT molecular complexity index is 462. The number of rotatable bonds is 8. The summed E-state index contributed by atoms with van der Waals surface area (Å²) in [7, 11) is 0. The van der Waals surface area contributed by atoms with Crippen LogP contribution in [0.15, 0.2) is 12.7 Å². The highest BCUT2D eigenvalue weighted by molar-refractivity contribution is 5.85. The van der Waals surface area contributed by atoms with Crippen LogP contribution in [0.1, 0.15) is 79.6 Å². The molecular formula is C20H34O3. The van der Waals surface area contributed by atoms with Crippen molar-refractivity contribution in [1.82, 2.24) is 0 Å². The van der Waals surface area contributed by atoms with Gasteiger partial charge >= 0.3 is 0 Å². The summed E-state index contributed by atoms with van der Waals surface area (Å²) in [5.41, 5.74) is -1.32. The molecule has 3 atom stereocenters. The first kappa shape index (κ1) is 20.1. The Balaban J connectivity index is 2.94. The first-order valence-electron chi connectivity index (χ1n) is 8.83. The predicted molar refractivity (Wildman–Crippen MR) is 94.2 cm³/mol. The molecule has 1 rings (SSSR count). The van der Waals surface area contributed by atoms with Gasteiger partial charge in [0.25, 0.3) is 0 Å². The van der Waals surface area contributed by atoms with E-state index < -0.39 is 11.0 Å². The van der Waals surface area contributed by atoms with E-state index in [0.29, 0.717) is 19.3 Å². The number of carbonyl (C=O) groups is 2. The van der Waals surface area contributed by atoms with Crippen LogP contribution < -0.4 is 0 Å². The first-order chi connectivity index (χ1) is 10.4. The van der Waals surface area contributed by atoms with Gasteiger partial charge in [-0.15, -0.1) is 6.58 Å². The molecule has 0 amide bonds. The van der Waals surface area contributed by atoms with E-state index in [1.54, 1.807) is 13.8 Å². The van der Waals surface area contributed by atoms with E-state index in [1.807, 2.05) is 0 Å². The second-order valence-electron chi connectivity index (χ2n) is 8.54. The Morgan fingerprint density at radius 2 is 1.87 bits per heavy atom. The molecule has 3 nitrogen and oxygen atoms in total. The molecule has 0 aromatic heterocycles. The summed E-state index contributed by atoms with van der Waals surface area (Å²) < 4.78 is 0. The van der Waals surface area contributed by atoms with Crippen molar-refractivity contribution >= 4 is 11.6 Å². The lowest BCUT2D eigenvalue weighted by Crippen LogP contribution is -2.47. The Morgan fingerprint density at radius 1 is 1.26 bits per heavy atom. The van der Waals surface area contributed by atoms with E-state index in [1.165, 1.54) is 6.08 Å². The maximum absolute atomic E-state index is 13.0. The molecule has 0 radical (unpaired) electrons. The number of hydrogen-bond donors (Lipinski definition) is 1. The smallest absolute Gasteiger partial charge is 0.139 e. The summed E-state index contributed by atoms with van der Waals surface area (Å²) in [5.74, 6) is 0.630. The summed E-state index contributed by atoms with van der Waals surface area (Å²) in [5, 5.41) is 10.1. The van der Waals surface area contributed by atoms with Crippen LogP contribution in [0, 0.1) is 16.7 Å². The zero-order chi connectivity index (χ0) is 17.9. The maximum atomic E-state index is 13.0. The highest BCUT2D eigenvalue weighted by atomic mass is 16.3. The molecule has 132 valence electrons. The fourth-order valence-corrected chi connectivity index (χ4v) is 4.27. The third-order valence-corrected chi connectivity index (χ3v) is 5.95. The van der Waals surface area contributed by atoms with E-state index >= 15 is 0 Å². The zero-order valence-electron chi connectivity index (χ0n) is 15.6. The number of ketones is 2. The summed E-state index contributed by atoms with van der Waals surface area (Å²) >= 11 is 0. The van der Waals surface area contributed by atoms with Gasteiger partial charge in [-0.3, -0.25) is 4.79 Å². The predicted octanol–water partition coefficient (Wildman–Crippen LogP) is 4.47. The molecule has 1 fully saturated rings. The molecule has 0 bridgehead atoms. The third kappa shape index (κ3) is 5.00. The number of aliphatic hydroxyl groups is 1. The maximum Gasteiger partial charge on any atom is 0.139 e. The van der Waals surface area contributed by atoms with Crippen molar-refractivity contribution in [2.45, 2.75) is 85.2 Å². The van der Waals surface area contributed by atoms with E-state index in [0.717, 1.165) is 25.7 Å². The normalized spacial score (nSPS) is 29.6. The van der Waals surface area contributed by atoms with Gasteiger partial charge in [-0.2, -0.15) is 0 Å². The van der Waals surface area contributed by atoms with Gasteiger partial charge in [-0.05, 0) is 50.9 Å². The van der Waals surface area contributed by atoms with Crippen LogP contribution in [0.3, 0.4) is 0 Å². The Labute approximate surface area is 141 Å². The third-order valence-electron chi connectivity index (χ3n) is 5.95. The lowest BCUT2D eigenvalue weighted by molar-refractivity contribution is -0.140. The molecule has 0 aliphatic heterocycles. The first-order valence-corrected chi connectivity index (χ1v) is 8.83. The van der Waals surface area contributed by atoms with Crippen LogP contribution in [-0.2, 0) is 9.59 Å². The fraction of sp³-hybridized carbons (Fsp3) is 0.800. The van der Waals surface area contributed by atoms with Crippen LogP contribution in [0.25, 0.3) is 0 Å². The minimum atomic E-state index is -0.995. The zero-order valence-corrected chi connectivity index (χ0v) is 15.6. The largest absolute Gasteiger partial charge is 0.386 e. The van der Waals surface area contributed by atoms with E-state index in [9.17, 15) is 14.7 Å². The number of carbonyl (C=O) groups excluding carboxylic acids is 2. The summed E-state index contributed by atoms with van der Waals surface area (Å²) in [6.45, 7) is 13.5. The van der Waals surface area contributed by atoms with Gasteiger partial charge in [0.05, 0.1) is 5.60 Å². The van der Waals surface area contributed by atoms with Gasteiger partial charge in [0, 0.05) is 18.3 Å². The second-order valence-corrected chi connectivity index (χ2v) is 8.54. The standard InChI is InChI=1S/C20H34O3/c1-7-19(5,23)14-11-17(22)20(6)13-8-12-18(3,4)16(20)10-9-15(2)21/h7,16,23H,1,8-14H2,2-6H3/t16-,19-,20-/m1/s1. The van der Waals surface area contributed by atoms with Gasteiger partial charge in [0.15, 0.2) is 0 Å². The quantitative estimate of drug-likeness (QED) is 0.671. The Hall–Kier alpha value is -0.960. The van der Waals surface area contributed by atoms with Crippen molar-refractivity contribution in [2.24, 2.45) is 16.7 Å². The molecule has 0 spiro atoms. The van der Waals surface area contributed by atoms with Gasteiger partial charge in [0.1, 0.15) is 11.6 Å². The van der Waals surface area contributed by atoms with Gasteiger partial charge in [0.2, 0.25) is 0 Å². The minimum absolute atomic E-state index is 0.0685. The SMILES string of the molecule is C=C[C@@](C)(O)CCC(=O)[C@]1(C)CCCC(C)(C)[C@H]1CCC(C)=O. The van der Waals surface area contributed by atoms with Crippen molar-refractivity contribution in [3.63, 3.8) is 0 Å². The minimum Gasteiger partial charge on any atom is -0.386 e. The summed E-state index contributed by atoms with van der Waals surface area (Å²) in [4.78, 5) is 24.4. The molecule has 1 aliphatic rings. The van der Waals surface area contributed by atoms with Crippen molar-refractivity contribution in [3.05, 3.63) is 12.7 Å². The Morgan fingerprint density at radius 3 is 2.39 bits per heavy atom. The molecule has 0 heterocycles.